The maximum atomic E-state index is 12.3. The highest BCUT2D eigenvalue weighted by Crippen LogP contribution is 2.18. The summed E-state index contributed by atoms with van der Waals surface area (Å²) >= 11 is 5.39. The summed E-state index contributed by atoms with van der Waals surface area (Å²) in [6.07, 6.45) is -4.50. The van der Waals surface area contributed by atoms with E-state index < -0.39 is 18.6 Å². The fourth-order valence-electron chi connectivity index (χ4n) is 1.36. The van der Waals surface area contributed by atoms with Gasteiger partial charge in [0.05, 0.1) is 0 Å². The summed E-state index contributed by atoms with van der Waals surface area (Å²) in [5.41, 5.74) is -0.207. The molecule has 0 unspecified atom stereocenters. The molecule has 0 radical (unpaired) electrons. The molecular weight excluding hydrogens is 289 g/mol. The highest BCUT2D eigenvalue weighted by atomic mass is 35.5. The standard InChI is InChI=1S/C10H12ClF3N2O3/c1-18-5-7-4-8(15-19-7)9(17)16(3-2-11)6-10(12,13)14/h4H,2-3,5-6H2,1H3. The molecule has 0 aliphatic carbocycles. The molecule has 1 rings (SSSR count). The van der Waals surface area contributed by atoms with Gasteiger partial charge in [-0.05, 0) is 0 Å². The predicted molar refractivity (Wildman–Crippen MR) is 59.9 cm³/mol. The van der Waals surface area contributed by atoms with E-state index in [4.69, 9.17) is 20.9 Å². The van der Waals surface area contributed by atoms with E-state index in [0.717, 1.165) is 0 Å². The van der Waals surface area contributed by atoms with Crippen LogP contribution in [0.25, 0.3) is 0 Å². The van der Waals surface area contributed by atoms with Crippen molar-refractivity contribution in [3.8, 4) is 0 Å². The fraction of sp³-hybridized carbons (Fsp3) is 0.600. The van der Waals surface area contributed by atoms with Crippen LogP contribution in [0.3, 0.4) is 0 Å². The molecule has 0 spiro atoms. The largest absolute Gasteiger partial charge is 0.406 e. The predicted octanol–water partition coefficient (Wildman–Crippen LogP) is 2.06. The SMILES string of the molecule is COCc1cc(C(=O)N(CCCl)CC(F)(F)F)no1. The Kier molecular flexibility index (Phi) is 5.61. The van der Waals surface area contributed by atoms with Crippen LogP contribution in [-0.2, 0) is 11.3 Å². The molecule has 0 saturated carbocycles. The number of amides is 1. The van der Waals surface area contributed by atoms with E-state index in [9.17, 15) is 18.0 Å². The summed E-state index contributed by atoms with van der Waals surface area (Å²) in [6.45, 7) is -1.54. The van der Waals surface area contributed by atoms with E-state index in [0.29, 0.717) is 4.90 Å². The second kappa shape index (κ2) is 6.76. The molecule has 0 saturated heterocycles. The summed E-state index contributed by atoms with van der Waals surface area (Å²) in [5, 5.41) is 3.41. The zero-order valence-corrected chi connectivity index (χ0v) is 10.8. The van der Waals surface area contributed by atoms with Gasteiger partial charge >= 0.3 is 6.18 Å². The Morgan fingerprint density at radius 3 is 2.79 bits per heavy atom. The van der Waals surface area contributed by atoms with E-state index in [2.05, 4.69) is 5.16 Å². The van der Waals surface area contributed by atoms with Crippen molar-refractivity contribution < 1.29 is 27.2 Å². The summed E-state index contributed by atoms with van der Waals surface area (Å²) < 4.78 is 46.5. The lowest BCUT2D eigenvalue weighted by atomic mass is 10.3. The molecule has 0 N–H and O–H groups in total. The van der Waals surface area contributed by atoms with Crippen LogP contribution in [-0.4, -0.2) is 48.2 Å². The first-order chi connectivity index (χ1) is 8.87. The molecule has 1 heterocycles. The highest BCUT2D eigenvalue weighted by Gasteiger charge is 2.34. The van der Waals surface area contributed by atoms with Crippen molar-refractivity contribution in [1.82, 2.24) is 10.1 Å². The zero-order valence-electron chi connectivity index (χ0n) is 10.0. The molecule has 0 atom stereocenters. The Morgan fingerprint density at radius 2 is 2.26 bits per heavy atom. The molecule has 9 heteroatoms. The Hall–Kier alpha value is -1.28. The lowest BCUT2D eigenvalue weighted by Gasteiger charge is -2.21. The number of nitrogens with zero attached hydrogens (tertiary/aromatic N) is 2. The minimum atomic E-state index is -4.50. The number of halogens is 4. The molecule has 1 aromatic heterocycles. The first kappa shape index (κ1) is 15.8. The second-order valence-corrected chi connectivity index (χ2v) is 4.02. The number of rotatable bonds is 6. The Labute approximate surface area is 112 Å². The van der Waals surface area contributed by atoms with Gasteiger partial charge in [-0.15, -0.1) is 11.6 Å². The number of hydrogen-bond donors (Lipinski definition) is 0. The summed E-state index contributed by atoms with van der Waals surface area (Å²) in [4.78, 5) is 12.4. The first-order valence-corrected chi connectivity index (χ1v) is 5.77. The van der Waals surface area contributed by atoms with E-state index in [-0.39, 0.29) is 30.5 Å². The summed E-state index contributed by atoms with van der Waals surface area (Å²) in [5.74, 6) is -0.738. The van der Waals surface area contributed by atoms with Crippen molar-refractivity contribution in [3.05, 3.63) is 17.5 Å². The normalized spacial score (nSPS) is 11.6. The van der Waals surface area contributed by atoms with Crippen LogP contribution in [0.4, 0.5) is 13.2 Å². The zero-order chi connectivity index (χ0) is 14.5. The lowest BCUT2D eigenvalue weighted by Crippen LogP contribution is -2.40. The van der Waals surface area contributed by atoms with Gasteiger partial charge < -0.3 is 14.2 Å². The molecule has 0 aromatic carbocycles. The van der Waals surface area contributed by atoms with Crippen LogP contribution >= 0.6 is 11.6 Å². The van der Waals surface area contributed by atoms with Crippen LogP contribution < -0.4 is 0 Å². The molecule has 108 valence electrons. The first-order valence-electron chi connectivity index (χ1n) is 5.24. The quantitative estimate of drug-likeness (QED) is 0.755. The molecular formula is C10H12ClF3N2O3. The molecule has 1 aromatic rings. The number of methoxy groups -OCH3 is 1. The van der Waals surface area contributed by atoms with Crippen molar-refractivity contribution >= 4 is 17.5 Å². The van der Waals surface area contributed by atoms with Gasteiger partial charge in [0.25, 0.3) is 5.91 Å². The smallest absolute Gasteiger partial charge is 0.377 e. The molecule has 19 heavy (non-hydrogen) atoms. The van der Waals surface area contributed by atoms with E-state index in [1.165, 1.54) is 13.2 Å². The van der Waals surface area contributed by atoms with E-state index in [1.54, 1.807) is 0 Å². The fourth-order valence-corrected chi connectivity index (χ4v) is 1.56. The van der Waals surface area contributed by atoms with Crippen LogP contribution in [0.2, 0.25) is 0 Å². The van der Waals surface area contributed by atoms with Gasteiger partial charge in [0.15, 0.2) is 11.5 Å². The third-order valence-corrected chi connectivity index (χ3v) is 2.25. The van der Waals surface area contributed by atoms with Crippen LogP contribution in [0.1, 0.15) is 16.2 Å². The molecule has 5 nitrogen and oxygen atoms in total. The maximum absolute atomic E-state index is 12.3. The third-order valence-electron chi connectivity index (χ3n) is 2.08. The lowest BCUT2D eigenvalue weighted by molar-refractivity contribution is -0.140. The average Bonchev–Trinajstić information content (AvgIpc) is 2.75. The Balaban J connectivity index is 2.79. The van der Waals surface area contributed by atoms with Crippen LogP contribution in [0.5, 0.6) is 0 Å². The molecule has 0 aliphatic rings. The average molecular weight is 301 g/mol. The molecule has 0 aliphatic heterocycles. The van der Waals surface area contributed by atoms with Crippen LogP contribution in [0, 0.1) is 0 Å². The Bertz CT molecular complexity index is 422. The van der Waals surface area contributed by atoms with Crippen LogP contribution in [0.15, 0.2) is 10.6 Å². The van der Waals surface area contributed by atoms with Gasteiger partial charge in [-0.1, -0.05) is 5.16 Å². The minimum Gasteiger partial charge on any atom is -0.377 e. The highest BCUT2D eigenvalue weighted by molar-refractivity contribution is 6.18. The number of ether oxygens (including phenoxy) is 1. The van der Waals surface area contributed by atoms with E-state index >= 15 is 0 Å². The summed E-state index contributed by atoms with van der Waals surface area (Å²) in [7, 11) is 1.41. The molecule has 1 amide bonds. The number of hydrogen-bond acceptors (Lipinski definition) is 4. The second-order valence-electron chi connectivity index (χ2n) is 3.64. The van der Waals surface area contributed by atoms with Crippen molar-refractivity contribution in [2.24, 2.45) is 0 Å². The van der Waals surface area contributed by atoms with Gasteiger partial charge in [0.1, 0.15) is 13.2 Å². The topological polar surface area (TPSA) is 55.6 Å². The van der Waals surface area contributed by atoms with Gasteiger partial charge in [0, 0.05) is 25.6 Å². The Morgan fingerprint density at radius 1 is 1.58 bits per heavy atom. The van der Waals surface area contributed by atoms with Gasteiger partial charge in [-0.25, -0.2) is 0 Å². The maximum Gasteiger partial charge on any atom is 0.406 e. The number of carbonyl (C=O) groups excluding carboxylic acids is 1. The van der Waals surface area contributed by atoms with Crippen molar-refractivity contribution in [2.45, 2.75) is 12.8 Å². The minimum absolute atomic E-state index is 0.0784. The summed E-state index contributed by atoms with van der Waals surface area (Å²) in [6, 6.07) is 1.24. The molecule has 0 bridgehead atoms. The monoisotopic (exact) mass is 300 g/mol. The van der Waals surface area contributed by atoms with Gasteiger partial charge in [0.2, 0.25) is 0 Å². The third kappa shape index (κ3) is 5.07. The number of aromatic nitrogens is 1. The van der Waals surface area contributed by atoms with Gasteiger partial charge in [-0.2, -0.15) is 13.2 Å². The van der Waals surface area contributed by atoms with Crippen molar-refractivity contribution in [3.63, 3.8) is 0 Å². The molecule has 0 fully saturated rings. The van der Waals surface area contributed by atoms with Gasteiger partial charge in [-0.3, -0.25) is 4.79 Å². The van der Waals surface area contributed by atoms with E-state index in [1.807, 2.05) is 0 Å². The van der Waals surface area contributed by atoms with Crippen molar-refractivity contribution in [2.75, 3.05) is 26.1 Å². The number of alkyl halides is 4. The number of carbonyl (C=O) groups is 1. The van der Waals surface area contributed by atoms with Crippen molar-refractivity contribution in [1.29, 1.82) is 0 Å².